The number of aliphatic carboxylic acids is 1. The predicted octanol–water partition coefficient (Wildman–Crippen LogP) is 3.15. The molecule has 2 aliphatic rings. The molecule has 1 saturated carbocycles. The fourth-order valence-corrected chi connectivity index (χ4v) is 4.12. The van der Waals surface area contributed by atoms with Crippen LogP contribution in [0.4, 0.5) is 0 Å². The molecule has 2 unspecified atom stereocenters. The zero-order valence-electron chi connectivity index (χ0n) is 12.3. The fraction of sp³-hybridized carbons (Fsp3) is 0.588. The van der Waals surface area contributed by atoms with E-state index in [0.29, 0.717) is 0 Å². The van der Waals surface area contributed by atoms with Crippen molar-refractivity contribution in [2.75, 3.05) is 6.54 Å². The van der Waals surface area contributed by atoms with Crippen molar-refractivity contribution in [3.05, 3.63) is 35.9 Å². The number of likely N-dealkylation sites (tertiary alicyclic amines) is 1. The van der Waals surface area contributed by atoms with Gasteiger partial charge in [-0.2, -0.15) is 0 Å². The first-order valence-corrected chi connectivity index (χ1v) is 7.49. The van der Waals surface area contributed by atoms with Gasteiger partial charge in [-0.3, -0.25) is 9.69 Å². The minimum atomic E-state index is -0.604. The number of benzene rings is 1. The molecule has 1 aliphatic heterocycles. The van der Waals surface area contributed by atoms with Gasteiger partial charge in [-0.05, 0) is 36.8 Å². The van der Waals surface area contributed by atoms with Gasteiger partial charge in [-0.15, -0.1) is 0 Å². The summed E-state index contributed by atoms with van der Waals surface area (Å²) >= 11 is 0. The Morgan fingerprint density at radius 2 is 2.00 bits per heavy atom. The molecule has 0 radical (unpaired) electrons. The highest BCUT2D eigenvalue weighted by Gasteiger charge is 2.71. The van der Waals surface area contributed by atoms with Crippen LogP contribution in [0.3, 0.4) is 0 Å². The van der Waals surface area contributed by atoms with E-state index in [1.807, 2.05) is 6.07 Å². The molecule has 2 atom stereocenters. The smallest absolute Gasteiger partial charge is 0.311 e. The van der Waals surface area contributed by atoms with Gasteiger partial charge < -0.3 is 5.11 Å². The molecule has 20 heavy (non-hydrogen) atoms. The van der Waals surface area contributed by atoms with Gasteiger partial charge in [0.2, 0.25) is 0 Å². The van der Waals surface area contributed by atoms with Crippen LogP contribution in [0.2, 0.25) is 0 Å². The third-order valence-electron chi connectivity index (χ3n) is 5.35. The van der Waals surface area contributed by atoms with E-state index >= 15 is 0 Å². The molecule has 1 N–H and O–H groups in total. The van der Waals surface area contributed by atoms with Crippen molar-refractivity contribution in [1.82, 2.24) is 4.90 Å². The van der Waals surface area contributed by atoms with Crippen LogP contribution in [0.25, 0.3) is 0 Å². The first-order chi connectivity index (χ1) is 9.47. The number of hydrogen-bond donors (Lipinski definition) is 1. The molecule has 3 rings (SSSR count). The lowest BCUT2D eigenvalue weighted by Crippen LogP contribution is -2.43. The minimum Gasteiger partial charge on any atom is -0.481 e. The van der Waals surface area contributed by atoms with Crippen LogP contribution < -0.4 is 0 Å². The van der Waals surface area contributed by atoms with Crippen LogP contribution in [-0.4, -0.2) is 28.6 Å². The molecule has 0 spiro atoms. The molecule has 0 amide bonds. The molecule has 2 fully saturated rings. The van der Waals surface area contributed by atoms with Gasteiger partial charge in [-0.1, -0.05) is 44.2 Å². The Labute approximate surface area is 120 Å². The highest BCUT2D eigenvalue weighted by Crippen LogP contribution is 2.67. The van der Waals surface area contributed by atoms with Crippen molar-refractivity contribution >= 4 is 5.97 Å². The first-order valence-electron chi connectivity index (χ1n) is 7.49. The Morgan fingerprint density at radius 1 is 1.35 bits per heavy atom. The Hall–Kier alpha value is -1.35. The highest BCUT2D eigenvalue weighted by atomic mass is 16.4. The number of hydrogen-bond acceptors (Lipinski definition) is 2. The van der Waals surface area contributed by atoms with Crippen molar-refractivity contribution < 1.29 is 9.90 Å². The number of carboxylic acids is 1. The average Bonchev–Trinajstić information content (AvgIpc) is 2.77. The van der Waals surface area contributed by atoms with E-state index in [-0.39, 0.29) is 11.5 Å². The summed E-state index contributed by atoms with van der Waals surface area (Å²) in [5, 5.41) is 9.76. The maximum atomic E-state index is 11.9. The van der Waals surface area contributed by atoms with E-state index in [9.17, 15) is 9.90 Å². The number of rotatable bonds is 4. The lowest BCUT2D eigenvalue weighted by molar-refractivity contribution is -0.147. The van der Waals surface area contributed by atoms with E-state index in [0.717, 1.165) is 32.4 Å². The van der Waals surface area contributed by atoms with Gasteiger partial charge in [0.15, 0.2) is 0 Å². The van der Waals surface area contributed by atoms with Gasteiger partial charge in [0, 0.05) is 12.6 Å². The van der Waals surface area contributed by atoms with E-state index in [2.05, 4.69) is 43.0 Å². The Morgan fingerprint density at radius 3 is 2.55 bits per heavy atom. The van der Waals surface area contributed by atoms with Crippen molar-refractivity contribution in [3.8, 4) is 0 Å². The Balaban J connectivity index is 1.81. The molecule has 1 aliphatic carbocycles. The molecular weight excluding hydrogens is 250 g/mol. The van der Waals surface area contributed by atoms with Gasteiger partial charge in [-0.25, -0.2) is 0 Å². The standard InChI is InChI=1S/C17H23NO2/c1-16(2)12-17(16,15(19)20)14-9-6-10-18(14)11-13-7-4-3-5-8-13/h3-5,7-8,14H,6,9-12H2,1-2H3,(H,19,20). The van der Waals surface area contributed by atoms with Gasteiger partial charge in [0.05, 0.1) is 5.41 Å². The summed E-state index contributed by atoms with van der Waals surface area (Å²) in [5.74, 6) is -0.604. The molecule has 3 heteroatoms. The van der Waals surface area contributed by atoms with E-state index in [1.165, 1.54) is 5.56 Å². The number of carboxylic acid groups (broad SMARTS) is 1. The van der Waals surface area contributed by atoms with E-state index < -0.39 is 11.4 Å². The molecule has 108 valence electrons. The highest BCUT2D eigenvalue weighted by molar-refractivity contribution is 5.81. The van der Waals surface area contributed by atoms with Gasteiger partial charge in [0.25, 0.3) is 0 Å². The second kappa shape index (κ2) is 4.59. The summed E-state index contributed by atoms with van der Waals surface area (Å²) in [6.45, 7) is 6.08. The molecular formula is C17H23NO2. The van der Waals surface area contributed by atoms with Crippen molar-refractivity contribution in [2.24, 2.45) is 10.8 Å². The molecule has 1 aromatic carbocycles. The summed E-state index contributed by atoms with van der Waals surface area (Å²) in [4.78, 5) is 14.2. The molecule has 1 heterocycles. The average molecular weight is 273 g/mol. The lowest BCUT2D eigenvalue weighted by atomic mass is 9.86. The fourth-order valence-electron chi connectivity index (χ4n) is 4.12. The summed E-state index contributed by atoms with van der Waals surface area (Å²) in [6.07, 6.45) is 2.94. The maximum absolute atomic E-state index is 11.9. The Kier molecular flexibility index (Phi) is 3.13. The summed E-state index contributed by atoms with van der Waals surface area (Å²) < 4.78 is 0. The van der Waals surface area contributed by atoms with Crippen LogP contribution in [0.15, 0.2) is 30.3 Å². The topological polar surface area (TPSA) is 40.5 Å². The summed E-state index contributed by atoms with van der Waals surface area (Å²) in [7, 11) is 0. The molecule has 0 bridgehead atoms. The second-order valence-corrected chi connectivity index (χ2v) is 6.95. The van der Waals surface area contributed by atoms with Crippen LogP contribution >= 0.6 is 0 Å². The minimum absolute atomic E-state index is 0.0667. The quantitative estimate of drug-likeness (QED) is 0.916. The van der Waals surface area contributed by atoms with Crippen LogP contribution in [0, 0.1) is 10.8 Å². The van der Waals surface area contributed by atoms with Crippen LogP contribution in [0.1, 0.15) is 38.7 Å². The van der Waals surface area contributed by atoms with Gasteiger partial charge >= 0.3 is 5.97 Å². The lowest BCUT2D eigenvalue weighted by Gasteiger charge is -2.32. The second-order valence-electron chi connectivity index (χ2n) is 6.95. The molecule has 0 aromatic heterocycles. The number of carbonyl (C=O) groups is 1. The van der Waals surface area contributed by atoms with Crippen molar-refractivity contribution in [2.45, 2.75) is 45.7 Å². The van der Waals surface area contributed by atoms with Crippen LogP contribution in [-0.2, 0) is 11.3 Å². The summed E-state index contributed by atoms with van der Waals surface area (Å²) in [6, 6.07) is 10.6. The van der Waals surface area contributed by atoms with E-state index in [1.54, 1.807) is 0 Å². The van der Waals surface area contributed by atoms with Gasteiger partial charge in [0.1, 0.15) is 0 Å². The van der Waals surface area contributed by atoms with E-state index in [4.69, 9.17) is 0 Å². The largest absolute Gasteiger partial charge is 0.481 e. The predicted molar refractivity (Wildman–Crippen MR) is 78.3 cm³/mol. The zero-order chi connectivity index (χ0) is 14.4. The maximum Gasteiger partial charge on any atom is 0.311 e. The van der Waals surface area contributed by atoms with Crippen molar-refractivity contribution in [3.63, 3.8) is 0 Å². The monoisotopic (exact) mass is 273 g/mol. The molecule has 1 aromatic rings. The molecule has 3 nitrogen and oxygen atoms in total. The van der Waals surface area contributed by atoms with Crippen LogP contribution in [0.5, 0.6) is 0 Å². The SMILES string of the molecule is CC1(C)CC1(C(=O)O)C1CCCN1Cc1ccccc1. The first kappa shape index (κ1) is 13.6. The Bertz CT molecular complexity index is 511. The zero-order valence-corrected chi connectivity index (χ0v) is 12.3. The van der Waals surface area contributed by atoms with Crippen molar-refractivity contribution in [1.29, 1.82) is 0 Å². The normalized spacial score (nSPS) is 32.2. The molecule has 1 saturated heterocycles. The third-order valence-corrected chi connectivity index (χ3v) is 5.35. The number of nitrogens with zero attached hydrogens (tertiary/aromatic N) is 1. The summed E-state index contributed by atoms with van der Waals surface area (Å²) in [5.41, 5.74) is 0.680. The third kappa shape index (κ3) is 1.96.